The molecule has 0 fully saturated rings. The van der Waals surface area contributed by atoms with Crippen LogP contribution in [0.1, 0.15) is 30.4 Å². The minimum atomic E-state index is -2.24. The molecule has 0 radical (unpaired) electrons. The summed E-state index contributed by atoms with van der Waals surface area (Å²) in [5.41, 5.74) is 5.73. The van der Waals surface area contributed by atoms with Crippen molar-refractivity contribution in [3.8, 4) is 22.1 Å². The molecule has 1 aliphatic rings. The predicted octanol–water partition coefficient (Wildman–Crippen LogP) is 11.0. The van der Waals surface area contributed by atoms with Crippen molar-refractivity contribution in [1.29, 1.82) is 0 Å². The summed E-state index contributed by atoms with van der Waals surface area (Å²) in [7, 11) is 0. The lowest BCUT2D eigenvalue weighted by Crippen LogP contribution is -2.23. The molecular formula is C37H31N3OS2. The second-order valence-corrected chi connectivity index (χ2v) is 14.0. The van der Waals surface area contributed by atoms with Crippen molar-refractivity contribution in [2.45, 2.75) is 26.2 Å². The average Bonchev–Trinajstić information content (AvgIpc) is 3.75. The van der Waals surface area contributed by atoms with Crippen LogP contribution in [0, 0.1) is 0 Å². The van der Waals surface area contributed by atoms with E-state index in [1.165, 1.54) is 31.3 Å². The van der Waals surface area contributed by atoms with Crippen molar-refractivity contribution < 1.29 is 8.85 Å². The summed E-state index contributed by atoms with van der Waals surface area (Å²) >= 11 is 3.38. The van der Waals surface area contributed by atoms with E-state index in [1.54, 1.807) is 22.7 Å². The second kappa shape index (κ2) is 9.83. The standard InChI is InChI=1S/C37H31N3OS2/c1-37(2,3)25-12-14-38-30(19-25)36-28-16-23-13-15-42-33(23)17-24(28)18-34-29(36)21-35(43-34)41-27-9-7-8-26(20-27)40-22-39(4)31-10-5-6-11-32(31)40/h5-21H,22H2,1-4H3/i4D3. The molecule has 0 saturated carbocycles. The number of anilines is 3. The maximum Gasteiger partial charge on any atom is 0.182 e. The number of aromatic nitrogens is 1. The molecule has 43 heavy (non-hydrogen) atoms. The van der Waals surface area contributed by atoms with Gasteiger partial charge in [-0.15, -0.1) is 11.3 Å². The highest BCUT2D eigenvalue weighted by atomic mass is 32.1. The Morgan fingerprint density at radius 3 is 2.56 bits per heavy atom. The first-order chi connectivity index (χ1) is 22.0. The molecule has 1 aliphatic heterocycles. The highest BCUT2D eigenvalue weighted by Gasteiger charge is 2.24. The molecule has 0 spiro atoms. The van der Waals surface area contributed by atoms with Crippen LogP contribution in [0.3, 0.4) is 0 Å². The Labute approximate surface area is 263 Å². The van der Waals surface area contributed by atoms with Crippen molar-refractivity contribution in [2.75, 3.05) is 23.4 Å². The first-order valence-corrected chi connectivity index (χ1v) is 16.0. The van der Waals surface area contributed by atoms with Crippen LogP contribution in [-0.4, -0.2) is 18.6 Å². The normalized spacial score (nSPS) is 14.7. The van der Waals surface area contributed by atoms with Crippen LogP contribution in [0.5, 0.6) is 10.8 Å². The quantitative estimate of drug-likeness (QED) is 0.201. The summed E-state index contributed by atoms with van der Waals surface area (Å²) in [5, 5.41) is 7.62. The van der Waals surface area contributed by atoms with Gasteiger partial charge in [-0.3, -0.25) is 4.98 Å². The fraction of sp³-hybridized carbons (Fsp3) is 0.162. The van der Waals surface area contributed by atoms with E-state index in [1.807, 2.05) is 59.6 Å². The lowest BCUT2D eigenvalue weighted by molar-refractivity contribution is 0.497. The van der Waals surface area contributed by atoms with Gasteiger partial charge in [-0.1, -0.05) is 50.3 Å². The van der Waals surface area contributed by atoms with E-state index in [2.05, 4.69) is 68.6 Å². The van der Waals surface area contributed by atoms with Crippen LogP contribution in [0.25, 0.3) is 42.2 Å². The second-order valence-electron chi connectivity index (χ2n) is 12.0. The molecule has 6 heteroatoms. The molecule has 4 heterocycles. The number of pyridine rings is 1. The highest BCUT2D eigenvalue weighted by molar-refractivity contribution is 7.21. The number of nitrogens with zero attached hydrogens (tertiary/aromatic N) is 3. The van der Waals surface area contributed by atoms with Gasteiger partial charge in [0.05, 0.1) is 23.7 Å². The van der Waals surface area contributed by atoms with Gasteiger partial charge < -0.3 is 14.5 Å². The van der Waals surface area contributed by atoms with E-state index in [0.717, 1.165) is 37.8 Å². The Kier molecular flexibility index (Phi) is 5.28. The maximum absolute atomic E-state index is 8.07. The first-order valence-electron chi connectivity index (χ1n) is 15.8. The van der Waals surface area contributed by atoms with Crippen LogP contribution in [-0.2, 0) is 5.41 Å². The van der Waals surface area contributed by atoms with E-state index >= 15 is 0 Å². The summed E-state index contributed by atoms with van der Waals surface area (Å²) in [6.07, 6.45) is 1.92. The monoisotopic (exact) mass is 600 g/mol. The molecule has 0 saturated heterocycles. The van der Waals surface area contributed by atoms with Gasteiger partial charge in [0.15, 0.2) is 5.06 Å². The Balaban J connectivity index is 1.22. The number of fused-ring (bicyclic) bond motifs is 4. The number of hydrogen-bond donors (Lipinski definition) is 0. The minimum absolute atomic E-state index is 0.00761. The summed E-state index contributed by atoms with van der Waals surface area (Å²) < 4.78 is 33.2. The first kappa shape index (κ1) is 23.1. The van der Waals surface area contributed by atoms with Gasteiger partial charge in [-0.25, -0.2) is 0 Å². The lowest BCUT2D eigenvalue weighted by Gasteiger charge is -2.20. The number of hydrogen-bond acceptors (Lipinski definition) is 6. The fourth-order valence-corrected chi connectivity index (χ4v) is 7.77. The molecule has 0 amide bonds. The molecule has 8 rings (SSSR count). The Bertz CT molecular complexity index is 2280. The van der Waals surface area contributed by atoms with Crippen LogP contribution in [0.15, 0.2) is 103 Å². The summed E-state index contributed by atoms with van der Waals surface area (Å²) in [5.74, 6) is 0.688. The van der Waals surface area contributed by atoms with Gasteiger partial charge in [0.2, 0.25) is 0 Å². The summed E-state index contributed by atoms with van der Waals surface area (Å²) in [4.78, 5) is 8.38. The van der Waals surface area contributed by atoms with E-state index in [0.29, 0.717) is 11.4 Å². The molecule has 4 nitrogen and oxygen atoms in total. The van der Waals surface area contributed by atoms with Crippen LogP contribution in [0.2, 0.25) is 0 Å². The Hall–Kier alpha value is -4.39. The van der Waals surface area contributed by atoms with Gasteiger partial charge in [-0.05, 0) is 93.2 Å². The number of para-hydroxylation sites is 2. The van der Waals surface area contributed by atoms with Crippen molar-refractivity contribution in [3.63, 3.8) is 0 Å². The third-order valence-corrected chi connectivity index (χ3v) is 10.0. The third-order valence-electron chi connectivity index (χ3n) is 8.16. The van der Waals surface area contributed by atoms with Crippen molar-refractivity contribution in [2.24, 2.45) is 0 Å². The van der Waals surface area contributed by atoms with E-state index in [4.69, 9.17) is 13.8 Å². The summed E-state index contributed by atoms with van der Waals surface area (Å²) in [6, 6.07) is 31.0. The predicted molar refractivity (Wildman–Crippen MR) is 185 cm³/mol. The van der Waals surface area contributed by atoms with Crippen molar-refractivity contribution in [1.82, 2.24) is 4.98 Å². The molecule has 0 bridgehead atoms. The molecule has 0 unspecified atom stereocenters. The molecule has 212 valence electrons. The topological polar surface area (TPSA) is 28.6 Å². The average molecular weight is 601 g/mol. The van der Waals surface area contributed by atoms with E-state index < -0.39 is 6.98 Å². The van der Waals surface area contributed by atoms with Gasteiger partial charge in [0, 0.05) is 55.5 Å². The van der Waals surface area contributed by atoms with E-state index in [-0.39, 0.29) is 12.1 Å². The highest BCUT2D eigenvalue weighted by Crippen LogP contribution is 2.46. The van der Waals surface area contributed by atoms with Gasteiger partial charge in [-0.2, -0.15) is 0 Å². The fourth-order valence-electron chi connectivity index (χ4n) is 5.96. The third kappa shape index (κ3) is 4.53. The Morgan fingerprint density at radius 2 is 1.70 bits per heavy atom. The SMILES string of the molecule is [2H]C([2H])([2H])N1CN(c2cccc(Oc3cc4c(-c5cc(C(C)(C)C)ccn5)c5cc6ccsc6cc5cc4s3)c2)c2ccccc21. The molecule has 0 N–H and O–H groups in total. The van der Waals surface area contributed by atoms with Crippen molar-refractivity contribution >= 4 is 70.7 Å². The number of thiophene rings is 2. The zero-order valence-corrected chi connectivity index (χ0v) is 25.7. The van der Waals surface area contributed by atoms with Crippen LogP contribution >= 0.6 is 22.7 Å². The molecule has 4 aromatic carbocycles. The van der Waals surface area contributed by atoms with Gasteiger partial charge in [0.1, 0.15) is 5.75 Å². The number of ether oxygens (including phenoxy) is 1. The smallest absolute Gasteiger partial charge is 0.182 e. The number of rotatable bonds is 4. The largest absolute Gasteiger partial charge is 0.447 e. The van der Waals surface area contributed by atoms with Crippen LogP contribution in [0.4, 0.5) is 17.1 Å². The van der Waals surface area contributed by atoms with Crippen molar-refractivity contribution in [3.05, 3.63) is 108 Å². The lowest BCUT2D eigenvalue weighted by atomic mass is 9.86. The maximum atomic E-state index is 8.07. The number of benzene rings is 4. The van der Waals surface area contributed by atoms with E-state index in [9.17, 15) is 0 Å². The summed E-state index contributed by atoms with van der Waals surface area (Å²) in [6.45, 7) is 4.67. The molecule has 0 aliphatic carbocycles. The molecular weight excluding hydrogens is 567 g/mol. The Morgan fingerprint density at radius 1 is 0.837 bits per heavy atom. The van der Waals surface area contributed by atoms with Gasteiger partial charge in [0.25, 0.3) is 0 Å². The van der Waals surface area contributed by atoms with Crippen LogP contribution < -0.4 is 14.5 Å². The zero-order valence-electron chi connectivity index (χ0n) is 27.1. The molecule has 0 atom stereocenters. The zero-order chi connectivity index (χ0) is 31.8. The molecule has 7 aromatic rings. The minimum Gasteiger partial charge on any atom is -0.447 e. The van der Waals surface area contributed by atoms with Gasteiger partial charge >= 0.3 is 0 Å². The molecule has 3 aromatic heterocycles.